The average Bonchev–Trinajstić information content (AvgIpc) is 2.74. The average molecular weight is 253 g/mol. The number of ether oxygens (including phenoxy) is 1. The molecular formula is C13H13F2NO2. The summed E-state index contributed by atoms with van der Waals surface area (Å²) in [5.74, 6) is 0.186. The number of benzene rings is 1. The van der Waals surface area contributed by atoms with Gasteiger partial charge in [0.05, 0.1) is 6.54 Å². The summed E-state index contributed by atoms with van der Waals surface area (Å²) in [5.41, 5.74) is 0. The molecule has 0 bridgehead atoms. The molecule has 0 aliphatic carbocycles. The second-order valence-corrected chi connectivity index (χ2v) is 3.79. The normalized spacial score (nSPS) is 10.6. The van der Waals surface area contributed by atoms with Crippen LogP contribution in [0.3, 0.4) is 0 Å². The molecular weight excluding hydrogens is 240 g/mol. The number of hydrogen-bond donors (Lipinski definition) is 1. The van der Waals surface area contributed by atoms with Crippen LogP contribution in [0, 0.1) is 11.6 Å². The van der Waals surface area contributed by atoms with Gasteiger partial charge in [0.1, 0.15) is 35.5 Å². The molecule has 0 saturated heterocycles. The molecule has 2 aromatic rings. The number of rotatable bonds is 5. The van der Waals surface area contributed by atoms with E-state index >= 15 is 0 Å². The van der Waals surface area contributed by atoms with Gasteiger partial charge >= 0.3 is 0 Å². The molecule has 0 amide bonds. The number of halogens is 2. The quantitative estimate of drug-likeness (QED) is 0.889. The van der Waals surface area contributed by atoms with Crippen LogP contribution in [-0.4, -0.2) is 7.05 Å². The van der Waals surface area contributed by atoms with Gasteiger partial charge in [0, 0.05) is 18.2 Å². The summed E-state index contributed by atoms with van der Waals surface area (Å²) in [7, 11) is 1.81. The summed E-state index contributed by atoms with van der Waals surface area (Å²) in [4.78, 5) is 0. The molecule has 5 heteroatoms. The van der Waals surface area contributed by atoms with Crippen LogP contribution in [0.5, 0.6) is 5.75 Å². The van der Waals surface area contributed by atoms with Gasteiger partial charge < -0.3 is 14.5 Å². The monoisotopic (exact) mass is 253 g/mol. The number of nitrogens with one attached hydrogen (secondary N) is 1. The molecule has 1 N–H and O–H groups in total. The van der Waals surface area contributed by atoms with E-state index < -0.39 is 11.6 Å². The Morgan fingerprint density at radius 3 is 2.44 bits per heavy atom. The SMILES string of the molecule is CNCc1ccc(COc2cc(F)cc(F)c2)o1. The highest BCUT2D eigenvalue weighted by Crippen LogP contribution is 2.17. The van der Waals surface area contributed by atoms with Gasteiger partial charge in [-0.1, -0.05) is 0 Å². The van der Waals surface area contributed by atoms with Crippen molar-refractivity contribution in [3.05, 3.63) is 53.5 Å². The summed E-state index contributed by atoms with van der Waals surface area (Å²) in [6.07, 6.45) is 0. The first-order chi connectivity index (χ1) is 8.67. The summed E-state index contributed by atoms with van der Waals surface area (Å²) in [5, 5.41) is 2.95. The van der Waals surface area contributed by atoms with Crippen LogP contribution in [0.25, 0.3) is 0 Å². The summed E-state index contributed by atoms with van der Waals surface area (Å²) in [6.45, 7) is 0.751. The van der Waals surface area contributed by atoms with Crippen LogP contribution in [0.4, 0.5) is 8.78 Å². The molecule has 0 spiro atoms. The van der Waals surface area contributed by atoms with Gasteiger partial charge in [0.15, 0.2) is 0 Å². The smallest absolute Gasteiger partial charge is 0.146 e. The van der Waals surface area contributed by atoms with Gasteiger partial charge in [-0.2, -0.15) is 0 Å². The molecule has 0 unspecified atom stereocenters. The van der Waals surface area contributed by atoms with Crippen molar-refractivity contribution in [2.75, 3.05) is 7.05 Å². The largest absolute Gasteiger partial charge is 0.485 e. The zero-order chi connectivity index (χ0) is 13.0. The zero-order valence-electron chi connectivity index (χ0n) is 9.87. The lowest BCUT2D eigenvalue weighted by molar-refractivity contribution is 0.263. The molecule has 1 heterocycles. The van der Waals surface area contributed by atoms with Crippen molar-refractivity contribution in [3.8, 4) is 5.75 Å². The van der Waals surface area contributed by atoms with Crippen molar-refractivity contribution < 1.29 is 17.9 Å². The molecule has 2 rings (SSSR count). The molecule has 0 saturated carbocycles. The van der Waals surface area contributed by atoms with Crippen LogP contribution in [0.2, 0.25) is 0 Å². The second kappa shape index (κ2) is 5.64. The van der Waals surface area contributed by atoms with E-state index in [1.165, 1.54) is 0 Å². The Balaban J connectivity index is 1.97. The van der Waals surface area contributed by atoms with Crippen molar-refractivity contribution in [1.29, 1.82) is 0 Å². The van der Waals surface area contributed by atoms with E-state index in [9.17, 15) is 8.78 Å². The predicted molar refractivity (Wildman–Crippen MR) is 62.2 cm³/mol. The van der Waals surface area contributed by atoms with Crippen LogP contribution < -0.4 is 10.1 Å². The third-order valence-corrected chi connectivity index (χ3v) is 2.29. The molecule has 1 aromatic carbocycles. The third-order valence-electron chi connectivity index (χ3n) is 2.29. The molecule has 3 nitrogen and oxygen atoms in total. The van der Waals surface area contributed by atoms with E-state index in [1.807, 2.05) is 13.1 Å². The second-order valence-electron chi connectivity index (χ2n) is 3.79. The predicted octanol–water partition coefficient (Wildman–Crippen LogP) is 2.86. The highest BCUT2D eigenvalue weighted by atomic mass is 19.1. The van der Waals surface area contributed by atoms with Gasteiger partial charge in [0.25, 0.3) is 0 Å². The zero-order valence-corrected chi connectivity index (χ0v) is 9.87. The molecule has 0 aliphatic heterocycles. The minimum atomic E-state index is -0.666. The third kappa shape index (κ3) is 3.30. The van der Waals surface area contributed by atoms with E-state index in [0.29, 0.717) is 12.3 Å². The van der Waals surface area contributed by atoms with E-state index in [1.54, 1.807) is 6.07 Å². The molecule has 96 valence electrons. The lowest BCUT2D eigenvalue weighted by Crippen LogP contribution is -2.03. The van der Waals surface area contributed by atoms with E-state index in [0.717, 1.165) is 24.0 Å². The maximum atomic E-state index is 12.9. The Labute approximate surface area is 103 Å². The van der Waals surface area contributed by atoms with E-state index in [2.05, 4.69) is 5.32 Å². The number of hydrogen-bond acceptors (Lipinski definition) is 3. The van der Waals surface area contributed by atoms with E-state index in [4.69, 9.17) is 9.15 Å². The van der Waals surface area contributed by atoms with Crippen molar-refractivity contribution in [3.63, 3.8) is 0 Å². The van der Waals surface area contributed by atoms with Crippen LogP contribution in [0.15, 0.2) is 34.7 Å². The Morgan fingerprint density at radius 1 is 1.11 bits per heavy atom. The molecule has 18 heavy (non-hydrogen) atoms. The summed E-state index contributed by atoms with van der Waals surface area (Å²) in [6, 6.07) is 6.63. The van der Waals surface area contributed by atoms with Crippen molar-refractivity contribution in [2.24, 2.45) is 0 Å². The van der Waals surface area contributed by atoms with E-state index in [-0.39, 0.29) is 12.4 Å². The minimum absolute atomic E-state index is 0.132. The van der Waals surface area contributed by atoms with Gasteiger partial charge in [0.2, 0.25) is 0 Å². The Bertz CT molecular complexity index is 505. The summed E-state index contributed by atoms with van der Waals surface area (Å²) >= 11 is 0. The molecule has 0 atom stereocenters. The van der Waals surface area contributed by atoms with Crippen LogP contribution in [0.1, 0.15) is 11.5 Å². The minimum Gasteiger partial charge on any atom is -0.485 e. The first-order valence-corrected chi connectivity index (χ1v) is 5.48. The van der Waals surface area contributed by atoms with Gasteiger partial charge in [-0.15, -0.1) is 0 Å². The Morgan fingerprint density at radius 2 is 1.78 bits per heavy atom. The first-order valence-electron chi connectivity index (χ1n) is 5.48. The van der Waals surface area contributed by atoms with Crippen molar-refractivity contribution in [1.82, 2.24) is 5.32 Å². The molecule has 0 fully saturated rings. The standard InChI is InChI=1S/C13H13F2NO2/c1-16-7-11-2-3-12(18-11)8-17-13-5-9(14)4-10(15)6-13/h2-6,16H,7-8H2,1H3. The van der Waals surface area contributed by atoms with Gasteiger partial charge in [-0.25, -0.2) is 8.78 Å². The molecule has 0 aliphatic rings. The lowest BCUT2D eigenvalue weighted by Gasteiger charge is -2.04. The maximum Gasteiger partial charge on any atom is 0.146 e. The lowest BCUT2D eigenvalue weighted by atomic mass is 10.3. The number of furan rings is 1. The Hall–Kier alpha value is -1.88. The van der Waals surface area contributed by atoms with Gasteiger partial charge in [-0.05, 0) is 19.2 Å². The van der Waals surface area contributed by atoms with Gasteiger partial charge in [-0.3, -0.25) is 0 Å². The fourth-order valence-electron chi connectivity index (χ4n) is 1.54. The van der Waals surface area contributed by atoms with Crippen LogP contribution >= 0.6 is 0 Å². The molecule has 0 radical (unpaired) electrons. The van der Waals surface area contributed by atoms with Crippen molar-refractivity contribution in [2.45, 2.75) is 13.2 Å². The topological polar surface area (TPSA) is 34.4 Å². The summed E-state index contributed by atoms with van der Waals surface area (Å²) < 4.78 is 36.5. The fourth-order valence-corrected chi connectivity index (χ4v) is 1.54. The highest BCUT2D eigenvalue weighted by Gasteiger charge is 2.05. The first kappa shape index (κ1) is 12.6. The Kier molecular flexibility index (Phi) is 3.94. The van der Waals surface area contributed by atoms with Crippen LogP contribution in [-0.2, 0) is 13.2 Å². The highest BCUT2D eigenvalue weighted by molar-refractivity contribution is 5.24. The van der Waals surface area contributed by atoms with Crippen molar-refractivity contribution >= 4 is 0 Å². The molecule has 1 aromatic heterocycles. The fraction of sp³-hybridized carbons (Fsp3) is 0.231. The maximum absolute atomic E-state index is 12.9.